The summed E-state index contributed by atoms with van der Waals surface area (Å²) in [5.41, 5.74) is -0.771. The molecule has 1 aromatic rings. The first-order valence-corrected chi connectivity index (χ1v) is 7.20. The topological polar surface area (TPSA) is 32.3 Å². The first-order valence-electron chi connectivity index (χ1n) is 6.41. The minimum absolute atomic E-state index is 0.270. The number of benzene rings is 1. The van der Waals surface area contributed by atoms with Gasteiger partial charge in [-0.3, -0.25) is 0 Å². The van der Waals surface area contributed by atoms with Crippen LogP contribution < -0.4 is 5.32 Å². The Kier molecular flexibility index (Phi) is 4.41. The van der Waals surface area contributed by atoms with E-state index in [0.29, 0.717) is 16.5 Å². The summed E-state index contributed by atoms with van der Waals surface area (Å²) < 4.78 is 14.4. The lowest BCUT2D eigenvalue weighted by molar-refractivity contribution is 0.0297. The van der Waals surface area contributed by atoms with Gasteiger partial charge < -0.3 is 10.4 Å². The van der Waals surface area contributed by atoms with Gasteiger partial charge in [-0.05, 0) is 54.7 Å². The first-order chi connectivity index (χ1) is 8.50. The molecule has 0 saturated carbocycles. The van der Waals surface area contributed by atoms with Crippen molar-refractivity contribution in [2.24, 2.45) is 0 Å². The predicted octanol–water partition coefficient (Wildman–Crippen LogP) is 3.33. The Labute approximate surface area is 116 Å². The van der Waals surface area contributed by atoms with E-state index < -0.39 is 5.60 Å². The molecule has 2 unspecified atom stereocenters. The molecule has 0 radical (unpaired) electrons. The number of halogens is 2. The minimum Gasteiger partial charge on any atom is -0.385 e. The van der Waals surface area contributed by atoms with Gasteiger partial charge in [0.1, 0.15) is 5.82 Å². The second-order valence-corrected chi connectivity index (χ2v) is 6.08. The Morgan fingerprint density at radius 2 is 2.28 bits per heavy atom. The molecule has 0 spiro atoms. The average Bonchev–Trinajstić information content (AvgIpc) is 2.33. The highest BCUT2D eigenvalue weighted by Gasteiger charge is 2.31. The zero-order valence-electron chi connectivity index (χ0n) is 10.5. The van der Waals surface area contributed by atoms with Crippen molar-refractivity contribution < 1.29 is 9.50 Å². The number of rotatable bonds is 3. The predicted molar refractivity (Wildman–Crippen MR) is 73.9 cm³/mol. The molecule has 2 nitrogen and oxygen atoms in total. The van der Waals surface area contributed by atoms with E-state index >= 15 is 0 Å². The molecule has 2 rings (SSSR count). The molecule has 0 amide bonds. The van der Waals surface area contributed by atoms with Gasteiger partial charge in [-0.15, -0.1) is 0 Å². The molecular formula is C14H19BrFNO. The Bertz CT molecular complexity index is 416. The van der Waals surface area contributed by atoms with Crippen LogP contribution in [0, 0.1) is 5.82 Å². The van der Waals surface area contributed by atoms with E-state index in [0.717, 1.165) is 13.0 Å². The van der Waals surface area contributed by atoms with Crippen molar-refractivity contribution in [3.8, 4) is 0 Å². The molecule has 2 atom stereocenters. The SMILES string of the molecule is CC(O)(CC1CCCCN1)c1cccc(Br)c1F. The van der Waals surface area contributed by atoms with Crippen LogP contribution in [0.2, 0.25) is 0 Å². The van der Waals surface area contributed by atoms with Crippen LogP contribution in [0.3, 0.4) is 0 Å². The van der Waals surface area contributed by atoms with Crippen molar-refractivity contribution in [2.75, 3.05) is 6.54 Å². The second-order valence-electron chi connectivity index (χ2n) is 5.23. The Morgan fingerprint density at radius 1 is 1.50 bits per heavy atom. The summed E-state index contributed by atoms with van der Waals surface area (Å²) in [4.78, 5) is 0. The highest BCUT2D eigenvalue weighted by molar-refractivity contribution is 9.10. The molecule has 1 aromatic carbocycles. The van der Waals surface area contributed by atoms with Crippen molar-refractivity contribution >= 4 is 15.9 Å². The summed E-state index contributed by atoms with van der Waals surface area (Å²) in [5, 5.41) is 13.9. The third kappa shape index (κ3) is 3.11. The van der Waals surface area contributed by atoms with Crippen LogP contribution in [0.25, 0.3) is 0 Å². The lowest BCUT2D eigenvalue weighted by Crippen LogP contribution is -2.40. The van der Waals surface area contributed by atoms with Gasteiger partial charge in [0.25, 0.3) is 0 Å². The normalized spacial score (nSPS) is 23.7. The van der Waals surface area contributed by atoms with Crippen LogP contribution in [0.5, 0.6) is 0 Å². The summed E-state index contributed by atoms with van der Waals surface area (Å²) in [7, 11) is 0. The smallest absolute Gasteiger partial charge is 0.143 e. The van der Waals surface area contributed by atoms with Gasteiger partial charge in [-0.25, -0.2) is 4.39 Å². The largest absolute Gasteiger partial charge is 0.385 e. The van der Waals surface area contributed by atoms with Gasteiger partial charge in [0.15, 0.2) is 0 Å². The number of nitrogens with one attached hydrogen (secondary N) is 1. The maximum Gasteiger partial charge on any atom is 0.143 e. The van der Waals surface area contributed by atoms with Gasteiger partial charge in [0, 0.05) is 11.6 Å². The fourth-order valence-electron chi connectivity index (χ4n) is 2.61. The maximum atomic E-state index is 14.0. The fraction of sp³-hybridized carbons (Fsp3) is 0.571. The molecule has 18 heavy (non-hydrogen) atoms. The molecule has 1 aliphatic rings. The summed E-state index contributed by atoms with van der Waals surface area (Å²) in [6.45, 7) is 2.68. The highest BCUT2D eigenvalue weighted by Crippen LogP contribution is 2.32. The van der Waals surface area contributed by atoms with Crippen molar-refractivity contribution in [2.45, 2.75) is 44.2 Å². The summed E-state index contributed by atoms with van der Waals surface area (Å²) in [5.74, 6) is -0.363. The maximum absolute atomic E-state index is 14.0. The fourth-order valence-corrected chi connectivity index (χ4v) is 2.97. The monoisotopic (exact) mass is 315 g/mol. The van der Waals surface area contributed by atoms with Crippen LogP contribution in [0.15, 0.2) is 22.7 Å². The first kappa shape index (κ1) is 14.0. The van der Waals surface area contributed by atoms with Crippen LogP contribution in [-0.2, 0) is 5.60 Å². The Morgan fingerprint density at radius 3 is 2.94 bits per heavy atom. The number of aliphatic hydroxyl groups is 1. The van der Waals surface area contributed by atoms with Crippen molar-refractivity contribution in [1.82, 2.24) is 5.32 Å². The minimum atomic E-state index is -1.14. The molecule has 0 bridgehead atoms. The molecule has 4 heteroatoms. The number of hydrogen-bond donors (Lipinski definition) is 2. The van der Waals surface area contributed by atoms with Gasteiger partial charge in [-0.2, -0.15) is 0 Å². The summed E-state index contributed by atoms with van der Waals surface area (Å²) in [6.07, 6.45) is 3.95. The van der Waals surface area contributed by atoms with E-state index in [4.69, 9.17) is 0 Å². The lowest BCUT2D eigenvalue weighted by atomic mass is 9.86. The molecule has 0 aromatic heterocycles. The zero-order chi connectivity index (χ0) is 13.2. The molecular weight excluding hydrogens is 297 g/mol. The van der Waals surface area contributed by atoms with Gasteiger partial charge in [0.05, 0.1) is 10.1 Å². The molecule has 1 heterocycles. The van der Waals surface area contributed by atoms with E-state index in [9.17, 15) is 9.50 Å². The van der Waals surface area contributed by atoms with E-state index in [1.165, 1.54) is 12.8 Å². The van der Waals surface area contributed by atoms with Crippen LogP contribution in [0.4, 0.5) is 4.39 Å². The van der Waals surface area contributed by atoms with Crippen molar-refractivity contribution in [3.63, 3.8) is 0 Å². The molecule has 1 saturated heterocycles. The molecule has 0 aliphatic carbocycles. The van der Waals surface area contributed by atoms with E-state index in [1.54, 1.807) is 25.1 Å². The summed E-state index contributed by atoms with van der Waals surface area (Å²) in [6, 6.07) is 5.33. The van der Waals surface area contributed by atoms with E-state index in [2.05, 4.69) is 21.2 Å². The van der Waals surface area contributed by atoms with Gasteiger partial charge >= 0.3 is 0 Å². The van der Waals surface area contributed by atoms with Gasteiger partial charge in [-0.1, -0.05) is 18.6 Å². The third-order valence-corrected chi connectivity index (χ3v) is 4.20. The number of piperidine rings is 1. The highest BCUT2D eigenvalue weighted by atomic mass is 79.9. The van der Waals surface area contributed by atoms with Crippen LogP contribution in [-0.4, -0.2) is 17.7 Å². The van der Waals surface area contributed by atoms with Crippen molar-refractivity contribution in [1.29, 1.82) is 0 Å². The van der Waals surface area contributed by atoms with E-state index in [-0.39, 0.29) is 11.9 Å². The van der Waals surface area contributed by atoms with Crippen molar-refractivity contribution in [3.05, 3.63) is 34.1 Å². The summed E-state index contributed by atoms with van der Waals surface area (Å²) >= 11 is 3.16. The number of hydrogen-bond acceptors (Lipinski definition) is 2. The lowest BCUT2D eigenvalue weighted by Gasteiger charge is -2.32. The molecule has 2 N–H and O–H groups in total. The Hall–Kier alpha value is -0.450. The standard InChI is InChI=1S/C14H19BrFNO/c1-14(18,9-10-5-2-3-8-17-10)11-6-4-7-12(15)13(11)16/h4,6-7,10,17-18H,2-3,5,8-9H2,1H3. The van der Waals surface area contributed by atoms with E-state index in [1.807, 2.05) is 0 Å². The second kappa shape index (κ2) is 5.68. The molecule has 100 valence electrons. The Balaban J connectivity index is 2.16. The molecule has 1 fully saturated rings. The van der Waals surface area contributed by atoms with Gasteiger partial charge in [0.2, 0.25) is 0 Å². The third-order valence-electron chi connectivity index (χ3n) is 3.59. The average molecular weight is 316 g/mol. The zero-order valence-corrected chi connectivity index (χ0v) is 12.1. The quantitative estimate of drug-likeness (QED) is 0.896. The molecule has 1 aliphatic heterocycles. The van der Waals surface area contributed by atoms with Crippen LogP contribution >= 0.6 is 15.9 Å². The van der Waals surface area contributed by atoms with Crippen LogP contribution in [0.1, 0.15) is 38.2 Å².